The number of nitrogens with one attached hydrogen (secondary N) is 1. The minimum Gasteiger partial charge on any atom is -0.380 e. The molecule has 4 nitrogen and oxygen atoms in total. The molecule has 0 fully saturated rings. The van der Waals surface area contributed by atoms with Crippen LogP contribution in [-0.4, -0.2) is 17.1 Å². The lowest BCUT2D eigenvalue weighted by molar-refractivity contribution is 0.185. The molecule has 0 amide bonds. The standard InChI is InChI=1S/C14H16N2O2/c1-9-10(2)15-13(16-14(9)17)12-6-4-5-11(7-12)8-18-3/h4-7H,8H2,1-3H3,(H,15,16,17). The van der Waals surface area contributed by atoms with Gasteiger partial charge in [-0.2, -0.15) is 0 Å². The number of hydrogen-bond donors (Lipinski definition) is 1. The Morgan fingerprint density at radius 2 is 2.11 bits per heavy atom. The molecule has 1 aromatic carbocycles. The number of rotatable bonds is 3. The lowest BCUT2D eigenvalue weighted by atomic mass is 10.1. The van der Waals surface area contributed by atoms with Crippen LogP contribution in [0.5, 0.6) is 0 Å². The lowest BCUT2D eigenvalue weighted by Gasteiger charge is -2.06. The van der Waals surface area contributed by atoms with E-state index in [9.17, 15) is 4.79 Å². The largest absolute Gasteiger partial charge is 0.380 e. The van der Waals surface area contributed by atoms with E-state index in [1.54, 1.807) is 14.0 Å². The Labute approximate surface area is 106 Å². The molecule has 0 saturated carbocycles. The molecule has 0 aliphatic carbocycles. The van der Waals surface area contributed by atoms with Crippen LogP contribution in [0.2, 0.25) is 0 Å². The van der Waals surface area contributed by atoms with Crippen LogP contribution in [0.4, 0.5) is 0 Å². The zero-order valence-corrected chi connectivity index (χ0v) is 10.8. The predicted octanol–water partition coefficient (Wildman–Crippen LogP) is 2.20. The number of aryl methyl sites for hydroxylation is 1. The van der Waals surface area contributed by atoms with Crippen LogP contribution in [0.3, 0.4) is 0 Å². The molecule has 0 bridgehead atoms. The van der Waals surface area contributed by atoms with Gasteiger partial charge in [-0.05, 0) is 25.5 Å². The Bertz CT molecular complexity index is 617. The average molecular weight is 244 g/mol. The van der Waals surface area contributed by atoms with Gasteiger partial charge in [-0.25, -0.2) is 4.98 Å². The average Bonchev–Trinajstić information content (AvgIpc) is 2.36. The Morgan fingerprint density at radius 1 is 1.33 bits per heavy atom. The summed E-state index contributed by atoms with van der Waals surface area (Å²) in [6, 6.07) is 7.80. The number of aromatic nitrogens is 2. The van der Waals surface area contributed by atoms with Crippen molar-refractivity contribution in [2.45, 2.75) is 20.5 Å². The number of H-pyrrole nitrogens is 1. The fourth-order valence-corrected chi connectivity index (χ4v) is 1.76. The number of benzene rings is 1. The van der Waals surface area contributed by atoms with Crippen molar-refractivity contribution in [3.63, 3.8) is 0 Å². The molecule has 1 aromatic heterocycles. The summed E-state index contributed by atoms with van der Waals surface area (Å²) in [7, 11) is 1.66. The monoisotopic (exact) mass is 244 g/mol. The minimum atomic E-state index is -0.0883. The molecular formula is C14H16N2O2. The number of hydrogen-bond acceptors (Lipinski definition) is 3. The van der Waals surface area contributed by atoms with Gasteiger partial charge in [0, 0.05) is 23.9 Å². The topological polar surface area (TPSA) is 55.0 Å². The zero-order valence-electron chi connectivity index (χ0n) is 10.8. The molecule has 1 heterocycles. The second-order valence-corrected chi connectivity index (χ2v) is 4.26. The summed E-state index contributed by atoms with van der Waals surface area (Å²) in [4.78, 5) is 18.9. The molecule has 2 rings (SSSR count). The Hall–Kier alpha value is -1.94. The third-order valence-corrected chi connectivity index (χ3v) is 2.91. The first-order chi connectivity index (χ1) is 8.61. The van der Waals surface area contributed by atoms with E-state index in [0.29, 0.717) is 18.0 Å². The van der Waals surface area contributed by atoms with Crippen LogP contribution < -0.4 is 5.56 Å². The van der Waals surface area contributed by atoms with Crippen LogP contribution in [0, 0.1) is 13.8 Å². The van der Waals surface area contributed by atoms with Crippen LogP contribution >= 0.6 is 0 Å². The van der Waals surface area contributed by atoms with Crippen molar-refractivity contribution < 1.29 is 4.74 Å². The van der Waals surface area contributed by atoms with Crippen molar-refractivity contribution in [1.29, 1.82) is 0 Å². The molecular weight excluding hydrogens is 228 g/mol. The van der Waals surface area contributed by atoms with E-state index in [1.807, 2.05) is 31.2 Å². The highest BCUT2D eigenvalue weighted by molar-refractivity contribution is 5.56. The van der Waals surface area contributed by atoms with Crippen LogP contribution in [-0.2, 0) is 11.3 Å². The minimum absolute atomic E-state index is 0.0883. The van der Waals surface area contributed by atoms with E-state index in [1.165, 1.54) is 0 Å². The fourth-order valence-electron chi connectivity index (χ4n) is 1.76. The maximum Gasteiger partial charge on any atom is 0.254 e. The molecule has 4 heteroatoms. The Morgan fingerprint density at radius 3 is 2.78 bits per heavy atom. The number of nitrogens with zero attached hydrogens (tertiary/aromatic N) is 1. The van der Waals surface area contributed by atoms with E-state index in [0.717, 1.165) is 16.8 Å². The number of aromatic amines is 1. The second kappa shape index (κ2) is 5.14. The smallest absolute Gasteiger partial charge is 0.254 e. The van der Waals surface area contributed by atoms with Crippen molar-refractivity contribution in [3.05, 3.63) is 51.4 Å². The first-order valence-corrected chi connectivity index (χ1v) is 5.77. The maximum absolute atomic E-state index is 11.7. The quantitative estimate of drug-likeness (QED) is 0.900. The van der Waals surface area contributed by atoms with Crippen LogP contribution in [0.15, 0.2) is 29.1 Å². The van der Waals surface area contributed by atoms with Crippen molar-refractivity contribution in [2.24, 2.45) is 0 Å². The van der Waals surface area contributed by atoms with Gasteiger partial charge in [0.1, 0.15) is 5.82 Å². The summed E-state index contributed by atoms with van der Waals surface area (Å²) in [6.07, 6.45) is 0. The van der Waals surface area contributed by atoms with E-state index >= 15 is 0 Å². The number of methoxy groups -OCH3 is 1. The number of ether oxygens (including phenoxy) is 1. The van der Waals surface area contributed by atoms with Crippen molar-refractivity contribution in [2.75, 3.05) is 7.11 Å². The lowest BCUT2D eigenvalue weighted by Crippen LogP contribution is -2.14. The van der Waals surface area contributed by atoms with Gasteiger partial charge in [-0.15, -0.1) is 0 Å². The zero-order chi connectivity index (χ0) is 13.1. The third-order valence-electron chi connectivity index (χ3n) is 2.91. The van der Waals surface area contributed by atoms with Gasteiger partial charge >= 0.3 is 0 Å². The summed E-state index contributed by atoms with van der Waals surface area (Å²) in [6.45, 7) is 4.16. The summed E-state index contributed by atoms with van der Waals surface area (Å²) in [5.41, 5.74) is 3.27. The first kappa shape index (κ1) is 12.5. The van der Waals surface area contributed by atoms with Crippen LogP contribution in [0.25, 0.3) is 11.4 Å². The normalized spacial score (nSPS) is 10.6. The molecule has 0 aliphatic heterocycles. The highest BCUT2D eigenvalue weighted by atomic mass is 16.5. The highest BCUT2D eigenvalue weighted by Gasteiger charge is 2.06. The Balaban J connectivity index is 2.48. The van der Waals surface area contributed by atoms with E-state index < -0.39 is 0 Å². The predicted molar refractivity (Wildman–Crippen MR) is 70.5 cm³/mol. The molecule has 0 aliphatic rings. The van der Waals surface area contributed by atoms with E-state index in [2.05, 4.69) is 9.97 Å². The van der Waals surface area contributed by atoms with Gasteiger partial charge in [0.05, 0.1) is 6.61 Å². The summed E-state index contributed by atoms with van der Waals surface area (Å²) in [5.74, 6) is 0.598. The molecule has 18 heavy (non-hydrogen) atoms. The van der Waals surface area contributed by atoms with Gasteiger partial charge in [-0.3, -0.25) is 4.79 Å². The fraction of sp³-hybridized carbons (Fsp3) is 0.286. The highest BCUT2D eigenvalue weighted by Crippen LogP contribution is 2.16. The third kappa shape index (κ3) is 2.49. The van der Waals surface area contributed by atoms with E-state index in [-0.39, 0.29) is 5.56 Å². The van der Waals surface area contributed by atoms with Crippen molar-refractivity contribution in [3.8, 4) is 11.4 Å². The van der Waals surface area contributed by atoms with E-state index in [4.69, 9.17) is 4.74 Å². The molecule has 0 spiro atoms. The van der Waals surface area contributed by atoms with Gasteiger partial charge in [0.2, 0.25) is 0 Å². The molecule has 94 valence electrons. The molecule has 0 radical (unpaired) electrons. The van der Waals surface area contributed by atoms with Gasteiger partial charge in [0.25, 0.3) is 5.56 Å². The van der Waals surface area contributed by atoms with Crippen molar-refractivity contribution in [1.82, 2.24) is 9.97 Å². The van der Waals surface area contributed by atoms with Gasteiger partial charge in [-0.1, -0.05) is 18.2 Å². The first-order valence-electron chi connectivity index (χ1n) is 5.77. The molecule has 0 atom stereocenters. The van der Waals surface area contributed by atoms with Gasteiger partial charge in [0.15, 0.2) is 0 Å². The molecule has 2 aromatic rings. The Kier molecular flexibility index (Phi) is 3.58. The summed E-state index contributed by atoms with van der Waals surface area (Å²) in [5, 5.41) is 0. The summed E-state index contributed by atoms with van der Waals surface area (Å²) < 4.78 is 5.09. The summed E-state index contributed by atoms with van der Waals surface area (Å²) >= 11 is 0. The second-order valence-electron chi connectivity index (χ2n) is 4.26. The van der Waals surface area contributed by atoms with Crippen molar-refractivity contribution >= 4 is 0 Å². The molecule has 1 N–H and O–H groups in total. The maximum atomic E-state index is 11.7. The SMILES string of the molecule is COCc1cccc(-c2nc(C)c(C)c(=O)[nH]2)c1. The molecule has 0 saturated heterocycles. The van der Waals surface area contributed by atoms with Crippen LogP contribution in [0.1, 0.15) is 16.8 Å². The van der Waals surface area contributed by atoms with Gasteiger partial charge < -0.3 is 9.72 Å². The molecule has 0 unspecified atom stereocenters.